The van der Waals surface area contributed by atoms with Crippen molar-refractivity contribution in [2.24, 2.45) is 0 Å². The van der Waals surface area contributed by atoms with Crippen molar-refractivity contribution in [2.75, 3.05) is 19.6 Å². The third-order valence-corrected chi connectivity index (χ3v) is 7.42. The fourth-order valence-electron chi connectivity index (χ4n) is 4.59. The third kappa shape index (κ3) is 4.79. The van der Waals surface area contributed by atoms with Gasteiger partial charge in [-0.25, -0.2) is 9.18 Å². The maximum Gasteiger partial charge on any atom is 0.318 e. The number of piperazine rings is 1. The summed E-state index contributed by atoms with van der Waals surface area (Å²) in [6.07, 6.45) is 0. The summed E-state index contributed by atoms with van der Waals surface area (Å²) >= 11 is 1.54. The highest BCUT2D eigenvalue weighted by atomic mass is 32.1. The first kappa shape index (κ1) is 23.1. The Bertz CT molecular complexity index is 1350. The highest BCUT2D eigenvalue weighted by Crippen LogP contribution is 2.28. The predicted molar refractivity (Wildman–Crippen MR) is 136 cm³/mol. The van der Waals surface area contributed by atoms with E-state index < -0.39 is 0 Å². The molecule has 1 saturated heterocycles. The van der Waals surface area contributed by atoms with Gasteiger partial charge in [-0.2, -0.15) is 0 Å². The molecule has 35 heavy (non-hydrogen) atoms. The molecular weight excluding hydrogens is 463 g/mol. The number of aromatic nitrogens is 1. The number of amides is 3. The van der Waals surface area contributed by atoms with Crippen LogP contribution in [-0.4, -0.2) is 52.0 Å². The van der Waals surface area contributed by atoms with Crippen molar-refractivity contribution in [1.29, 1.82) is 0 Å². The first-order chi connectivity index (χ1) is 17.0. The van der Waals surface area contributed by atoms with Gasteiger partial charge in [0.25, 0.3) is 5.91 Å². The van der Waals surface area contributed by atoms with Gasteiger partial charge >= 0.3 is 6.03 Å². The minimum Gasteiger partial charge on any atom is -0.334 e. The largest absolute Gasteiger partial charge is 0.334 e. The summed E-state index contributed by atoms with van der Waals surface area (Å²) in [5.74, 6) is -0.381. The summed E-state index contributed by atoms with van der Waals surface area (Å²) in [6.45, 7) is 4.05. The minimum atomic E-state index is -0.284. The fraction of sp³-hybridized carbons (Fsp3) is 0.259. The number of halogens is 1. The van der Waals surface area contributed by atoms with Crippen LogP contribution in [0.4, 0.5) is 9.18 Å². The molecule has 4 aromatic rings. The lowest BCUT2D eigenvalue weighted by Gasteiger charge is -2.39. The summed E-state index contributed by atoms with van der Waals surface area (Å²) < 4.78 is 16.3. The second kappa shape index (κ2) is 9.92. The second-order valence-corrected chi connectivity index (χ2v) is 9.72. The van der Waals surface area contributed by atoms with E-state index in [4.69, 9.17) is 0 Å². The smallest absolute Gasteiger partial charge is 0.318 e. The van der Waals surface area contributed by atoms with Gasteiger partial charge in [-0.3, -0.25) is 4.79 Å². The molecule has 3 heterocycles. The first-order valence-electron chi connectivity index (χ1n) is 11.7. The average Bonchev–Trinajstić information content (AvgIpc) is 3.46. The van der Waals surface area contributed by atoms with Gasteiger partial charge in [0.2, 0.25) is 0 Å². The molecule has 6 nitrogen and oxygen atoms in total. The van der Waals surface area contributed by atoms with E-state index in [2.05, 4.69) is 5.32 Å². The number of thiophene rings is 1. The Morgan fingerprint density at radius 3 is 2.60 bits per heavy atom. The molecule has 0 bridgehead atoms. The molecule has 1 fully saturated rings. The van der Waals surface area contributed by atoms with Crippen LogP contribution in [0, 0.1) is 5.82 Å². The molecular formula is C27H27FN4O2S. The number of hydrogen-bond donors (Lipinski definition) is 1. The molecule has 0 saturated carbocycles. The van der Waals surface area contributed by atoms with E-state index in [1.807, 2.05) is 59.3 Å². The van der Waals surface area contributed by atoms with Crippen LogP contribution in [0.5, 0.6) is 0 Å². The Hall–Kier alpha value is -3.65. The molecule has 0 aliphatic carbocycles. The van der Waals surface area contributed by atoms with Gasteiger partial charge in [-0.15, -0.1) is 11.3 Å². The van der Waals surface area contributed by atoms with Crippen molar-refractivity contribution in [3.05, 3.63) is 94.7 Å². The standard InChI is InChI=1S/C27H27FN4O2S/c1-19-17-30(12-13-31(19)27(34)29-16-20-7-3-2-4-8-20)25(33)24-15-21-11-14-35-26(21)32(24)18-22-9-5-6-10-23(22)28/h2-11,14-15,19H,12-13,16-18H2,1H3,(H,29,34)/t19-/m1/s1. The van der Waals surface area contributed by atoms with E-state index in [1.165, 1.54) is 6.07 Å². The van der Waals surface area contributed by atoms with E-state index in [0.29, 0.717) is 37.4 Å². The lowest BCUT2D eigenvalue weighted by atomic mass is 10.1. The summed E-state index contributed by atoms with van der Waals surface area (Å²) in [5.41, 5.74) is 2.13. The van der Waals surface area contributed by atoms with Crippen LogP contribution < -0.4 is 5.32 Å². The van der Waals surface area contributed by atoms with Crippen molar-refractivity contribution >= 4 is 33.5 Å². The monoisotopic (exact) mass is 490 g/mol. The highest BCUT2D eigenvalue weighted by molar-refractivity contribution is 7.16. The molecule has 180 valence electrons. The van der Waals surface area contributed by atoms with Gasteiger partial charge in [0, 0.05) is 43.2 Å². The number of carbonyl (C=O) groups excluding carboxylic acids is 2. The molecule has 1 aliphatic heterocycles. The maximum absolute atomic E-state index is 14.4. The molecule has 1 atom stereocenters. The molecule has 1 aliphatic rings. The summed E-state index contributed by atoms with van der Waals surface area (Å²) in [6, 6.07) is 20.1. The van der Waals surface area contributed by atoms with E-state index in [1.54, 1.807) is 39.3 Å². The zero-order valence-corrected chi connectivity index (χ0v) is 20.3. The summed E-state index contributed by atoms with van der Waals surface area (Å²) in [5, 5.41) is 5.93. The molecule has 0 radical (unpaired) electrons. The molecule has 1 N–H and O–H groups in total. The molecule has 3 amide bonds. The zero-order valence-electron chi connectivity index (χ0n) is 19.5. The second-order valence-electron chi connectivity index (χ2n) is 8.83. The van der Waals surface area contributed by atoms with Crippen molar-refractivity contribution < 1.29 is 14.0 Å². The van der Waals surface area contributed by atoms with Gasteiger partial charge in [-0.1, -0.05) is 48.5 Å². The van der Waals surface area contributed by atoms with Gasteiger partial charge in [0.15, 0.2) is 0 Å². The number of rotatable bonds is 5. The number of carbonyl (C=O) groups is 2. The van der Waals surface area contributed by atoms with Crippen molar-refractivity contribution in [1.82, 2.24) is 19.7 Å². The number of urea groups is 1. The SMILES string of the molecule is C[C@@H]1CN(C(=O)c2cc3ccsc3n2Cc2ccccc2F)CCN1C(=O)NCc1ccccc1. The predicted octanol–water partition coefficient (Wildman–Crippen LogP) is 4.95. The van der Waals surface area contributed by atoms with E-state index >= 15 is 0 Å². The van der Waals surface area contributed by atoms with Crippen molar-refractivity contribution in [3.8, 4) is 0 Å². The van der Waals surface area contributed by atoms with Gasteiger partial charge in [-0.05, 0) is 36.1 Å². The zero-order chi connectivity index (χ0) is 24.4. The minimum absolute atomic E-state index is 0.0964. The maximum atomic E-state index is 14.4. The molecule has 0 spiro atoms. The Morgan fingerprint density at radius 2 is 1.83 bits per heavy atom. The molecule has 2 aromatic carbocycles. The van der Waals surface area contributed by atoms with E-state index in [0.717, 1.165) is 15.8 Å². The number of fused-ring (bicyclic) bond motifs is 1. The molecule has 5 rings (SSSR count). The average molecular weight is 491 g/mol. The Kier molecular flexibility index (Phi) is 6.55. The number of benzene rings is 2. The van der Waals surface area contributed by atoms with Gasteiger partial charge in [0.1, 0.15) is 16.3 Å². The summed E-state index contributed by atoms with van der Waals surface area (Å²) in [7, 11) is 0. The lowest BCUT2D eigenvalue weighted by Crippen LogP contribution is -2.57. The Balaban J connectivity index is 1.29. The van der Waals surface area contributed by atoms with E-state index in [9.17, 15) is 14.0 Å². The first-order valence-corrected chi connectivity index (χ1v) is 12.6. The topological polar surface area (TPSA) is 57.6 Å². The normalized spacial score (nSPS) is 16.0. The third-order valence-electron chi connectivity index (χ3n) is 6.47. The van der Waals surface area contributed by atoms with Gasteiger partial charge < -0.3 is 19.7 Å². The van der Waals surface area contributed by atoms with Crippen LogP contribution >= 0.6 is 11.3 Å². The van der Waals surface area contributed by atoms with Crippen LogP contribution in [0.15, 0.2) is 72.1 Å². The van der Waals surface area contributed by atoms with Crippen molar-refractivity contribution in [2.45, 2.75) is 26.1 Å². The molecule has 0 unspecified atom stereocenters. The van der Waals surface area contributed by atoms with Crippen LogP contribution in [0.2, 0.25) is 0 Å². The van der Waals surface area contributed by atoms with Gasteiger partial charge in [0.05, 0.1) is 6.54 Å². The fourth-order valence-corrected chi connectivity index (χ4v) is 5.48. The summed E-state index contributed by atoms with van der Waals surface area (Å²) in [4.78, 5) is 30.9. The van der Waals surface area contributed by atoms with Crippen LogP contribution in [-0.2, 0) is 13.1 Å². The van der Waals surface area contributed by atoms with Crippen LogP contribution in [0.25, 0.3) is 10.2 Å². The van der Waals surface area contributed by atoms with E-state index in [-0.39, 0.29) is 30.3 Å². The molecule has 2 aromatic heterocycles. The number of hydrogen-bond acceptors (Lipinski definition) is 3. The lowest BCUT2D eigenvalue weighted by molar-refractivity contribution is 0.0570. The highest BCUT2D eigenvalue weighted by Gasteiger charge is 2.31. The Morgan fingerprint density at radius 1 is 1.06 bits per heavy atom. The van der Waals surface area contributed by atoms with Crippen molar-refractivity contribution in [3.63, 3.8) is 0 Å². The quantitative estimate of drug-likeness (QED) is 0.431. The molecule has 8 heteroatoms. The Labute approximate surface area is 207 Å². The number of nitrogens with zero attached hydrogens (tertiary/aromatic N) is 3. The van der Waals surface area contributed by atoms with Crippen LogP contribution in [0.1, 0.15) is 28.5 Å². The number of nitrogens with one attached hydrogen (secondary N) is 1. The van der Waals surface area contributed by atoms with Crippen LogP contribution in [0.3, 0.4) is 0 Å².